The molecule has 4 rings (SSSR count). The lowest BCUT2D eigenvalue weighted by Gasteiger charge is -2.54. The SMILES string of the molecule is O=C(CBr)[C@H]1CC[C@H]2[C@@H]3CC[C@@H]4C[C@](O)(CF)CC[C@@H]4[C@H]3CC[C@@H]21. The molecule has 0 aliphatic heterocycles. The fourth-order valence-corrected chi connectivity index (χ4v) is 7.66. The predicted molar refractivity (Wildman–Crippen MR) is 95.7 cm³/mol. The zero-order chi connectivity index (χ0) is 16.9. The molecule has 0 aromatic carbocycles. The quantitative estimate of drug-likeness (QED) is 0.706. The molecular weight excluding hydrogens is 371 g/mol. The molecule has 1 N–H and O–H groups in total. The third-order valence-electron chi connectivity index (χ3n) is 8.22. The van der Waals surface area contributed by atoms with E-state index in [9.17, 15) is 14.3 Å². The van der Waals surface area contributed by atoms with Crippen LogP contribution in [0.1, 0.15) is 57.8 Å². The van der Waals surface area contributed by atoms with Crippen LogP contribution in [-0.4, -0.2) is 28.5 Å². The van der Waals surface area contributed by atoms with E-state index < -0.39 is 12.3 Å². The van der Waals surface area contributed by atoms with Crippen molar-refractivity contribution in [1.29, 1.82) is 0 Å². The van der Waals surface area contributed by atoms with Crippen molar-refractivity contribution < 1.29 is 14.3 Å². The molecule has 4 saturated carbocycles. The van der Waals surface area contributed by atoms with Crippen molar-refractivity contribution in [2.45, 2.75) is 63.4 Å². The summed E-state index contributed by atoms with van der Waals surface area (Å²) < 4.78 is 13.2. The van der Waals surface area contributed by atoms with Crippen LogP contribution >= 0.6 is 15.9 Å². The minimum absolute atomic E-state index is 0.302. The number of ketones is 1. The number of hydrogen-bond acceptors (Lipinski definition) is 2. The van der Waals surface area contributed by atoms with Gasteiger partial charge >= 0.3 is 0 Å². The Labute approximate surface area is 153 Å². The normalized spacial score (nSPS) is 50.7. The van der Waals surface area contributed by atoms with Crippen LogP contribution in [0.3, 0.4) is 0 Å². The number of fused-ring (bicyclic) bond motifs is 5. The Morgan fingerprint density at radius 3 is 2.33 bits per heavy atom. The topological polar surface area (TPSA) is 37.3 Å². The molecule has 0 saturated heterocycles. The van der Waals surface area contributed by atoms with E-state index in [1.165, 1.54) is 25.7 Å². The maximum atomic E-state index is 13.2. The van der Waals surface area contributed by atoms with Crippen LogP contribution in [0.2, 0.25) is 0 Å². The van der Waals surface area contributed by atoms with E-state index in [2.05, 4.69) is 15.9 Å². The van der Waals surface area contributed by atoms with E-state index in [1.54, 1.807) is 0 Å². The Hall–Kier alpha value is 0.0400. The molecule has 4 fully saturated rings. The Kier molecular flexibility index (Phi) is 4.83. The number of alkyl halides is 2. The van der Waals surface area contributed by atoms with Crippen LogP contribution < -0.4 is 0 Å². The van der Waals surface area contributed by atoms with Gasteiger partial charge in [0.2, 0.25) is 0 Å². The maximum Gasteiger partial charge on any atom is 0.146 e. The lowest BCUT2D eigenvalue weighted by molar-refractivity contribution is -0.124. The van der Waals surface area contributed by atoms with Gasteiger partial charge in [-0.15, -0.1) is 0 Å². The van der Waals surface area contributed by atoms with Gasteiger partial charge in [-0.05, 0) is 93.3 Å². The third-order valence-corrected chi connectivity index (χ3v) is 8.77. The van der Waals surface area contributed by atoms with E-state index in [0.717, 1.165) is 37.0 Å². The molecule has 136 valence electrons. The van der Waals surface area contributed by atoms with Gasteiger partial charge in [0.05, 0.1) is 10.9 Å². The molecule has 0 bridgehead atoms. The first-order valence-corrected chi connectivity index (χ1v) is 11.1. The predicted octanol–water partition coefficient (Wildman–Crippen LogP) is 4.53. The minimum Gasteiger partial charge on any atom is -0.387 e. The second kappa shape index (κ2) is 6.64. The van der Waals surface area contributed by atoms with Gasteiger partial charge in [0.15, 0.2) is 0 Å². The molecule has 4 heteroatoms. The lowest BCUT2D eigenvalue weighted by atomic mass is 9.52. The molecule has 4 aliphatic carbocycles. The largest absolute Gasteiger partial charge is 0.387 e. The van der Waals surface area contributed by atoms with E-state index in [1.807, 2.05) is 0 Å². The monoisotopic (exact) mass is 400 g/mol. The van der Waals surface area contributed by atoms with Crippen LogP contribution in [0.15, 0.2) is 0 Å². The van der Waals surface area contributed by atoms with E-state index in [-0.39, 0.29) is 0 Å². The highest BCUT2D eigenvalue weighted by Crippen LogP contribution is 2.60. The summed E-state index contributed by atoms with van der Waals surface area (Å²) in [5, 5.41) is 10.9. The van der Waals surface area contributed by atoms with Gasteiger partial charge in [-0.25, -0.2) is 4.39 Å². The van der Waals surface area contributed by atoms with Gasteiger partial charge < -0.3 is 5.11 Å². The molecule has 8 atom stereocenters. The lowest BCUT2D eigenvalue weighted by Crippen LogP contribution is -2.49. The van der Waals surface area contributed by atoms with Crippen molar-refractivity contribution in [1.82, 2.24) is 0 Å². The number of halogens is 2. The minimum atomic E-state index is -1.04. The molecule has 0 radical (unpaired) electrons. The summed E-state index contributed by atoms with van der Waals surface area (Å²) in [5.41, 5.74) is -1.04. The smallest absolute Gasteiger partial charge is 0.146 e. The second-order valence-electron chi connectivity index (χ2n) is 9.12. The molecule has 2 nitrogen and oxygen atoms in total. The Bertz CT molecular complexity index is 498. The first kappa shape index (κ1) is 17.5. The number of hydrogen-bond donors (Lipinski definition) is 1. The molecular formula is C20H30BrFO2. The van der Waals surface area contributed by atoms with Gasteiger partial charge in [-0.2, -0.15) is 0 Å². The highest BCUT2D eigenvalue weighted by atomic mass is 79.9. The standard InChI is InChI=1S/C20H30BrFO2/c21-10-19(23)18-6-5-16-15-2-1-12-9-20(24,11-22)8-7-13(12)14(15)3-4-17(16)18/h12-18,24H,1-11H2/t12-,13+,14-,15-,16+,17+,18+,20+/m1/s1. The number of aliphatic hydroxyl groups is 1. The highest BCUT2D eigenvalue weighted by molar-refractivity contribution is 9.09. The van der Waals surface area contributed by atoms with Gasteiger partial charge in [0.25, 0.3) is 0 Å². The van der Waals surface area contributed by atoms with Crippen molar-refractivity contribution in [3.63, 3.8) is 0 Å². The van der Waals surface area contributed by atoms with E-state index in [4.69, 9.17) is 0 Å². The number of carbonyl (C=O) groups is 1. The summed E-state index contributed by atoms with van der Waals surface area (Å²) in [6, 6.07) is 0. The maximum absolute atomic E-state index is 13.2. The van der Waals surface area contributed by atoms with Crippen LogP contribution in [0.4, 0.5) is 4.39 Å². The first-order chi connectivity index (χ1) is 11.6. The molecule has 0 amide bonds. The zero-order valence-electron chi connectivity index (χ0n) is 14.4. The van der Waals surface area contributed by atoms with Crippen LogP contribution in [0, 0.1) is 41.4 Å². The van der Waals surface area contributed by atoms with Crippen LogP contribution in [-0.2, 0) is 4.79 Å². The van der Waals surface area contributed by atoms with Crippen molar-refractivity contribution in [2.24, 2.45) is 41.4 Å². The Morgan fingerprint density at radius 1 is 0.958 bits per heavy atom. The van der Waals surface area contributed by atoms with Crippen molar-refractivity contribution in [2.75, 3.05) is 12.0 Å². The summed E-state index contributed by atoms with van der Waals surface area (Å²) in [7, 11) is 0. The highest BCUT2D eigenvalue weighted by Gasteiger charge is 2.54. The summed E-state index contributed by atoms with van der Waals surface area (Å²) in [4.78, 5) is 12.3. The zero-order valence-corrected chi connectivity index (χ0v) is 16.0. The number of Topliss-reactive ketones (excluding diaryl/α,β-unsaturated/α-hetero) is 1. The van der Waals surface area contributed by atoms with E-state index >= 15 is 0 Å². The molecule has 24 heavy (non-hydrogen) atoms. The van der Waals surface area contributed by atoms with Crippen molar-refractivity contribution in [3.8, 4) is 0 Å². The van der Waals surface area contributed by atoms with Crippen molar-refractivity contribution >= 4 is 21.7 Å². The summed E-state index contributed by atoms with van der Waals surface area (Å²) in [6.07, 6.45) is 9.54. The van der Waals surface area contributed by atoms with Gasteiger partial charge in [-0.1, -0.05) is 15.9 Å². The molecule has 0 heterocycles. The fourth-order valence-electron chi connectivity index (χ4n) is 7.24. The Morgan fingerprint density at radius 2 is 1.58 bits per heavy atom. The van der Waals surface area contributed by atoms with Crippen molar-refractivity contribution in [3.05, 3.63) is 0 Å². The van der Waals surface area contributed by atoms with Crippen LogP contribution in [0.5, 0.6) is 0 Å². The average Bonchev–Trinajstić information content (AvgIpc) is 3.04. The van der Waals surface area contributed by atoms with Crippen LogP contribution in [0.25, 0.3) is 0 Å². The molecule has 0 spiro atoms. The van der Waals surface area contributed by atoms with Gasteiger partial charge in [0, 0.05) is 5.92 Å². The molecule has 0 aromatic heterocycles. The number of carbonyl (C=O) groups excluding carboxylic acids is 1. The fraction of sp³-hybridized carbons (Fsp3) is 0.950. The number of rotatable bonds is 3. The first-order valence-electron chi connectivity index (χ1n) is 9.93. The Balaban J connectivity index is 1.48. The van der Waals surface area contributed by atoms with Gasteiger partial charge in [0.1, 0.15) is 12.5 Å². The summed E-state index contributed by atoms with van der Waals surface area (Å²) in [6.45, 7) is -0.578. The molecule has 4 aliphatic rings. The van der Waals surface area contributed by atoms with Gasteiger partial charge in [-0.3, -0.25) is 4.79 Å². The molecule has 0 aromatic rings. The third kappa shape index (κ3) is 2.80. The summed E-state index contributed by atoms with van der Waals surface area (Å²) in [5.74, 6) is 4.87. The average molecular weight is 401 g/mol. The molecule has 0 unspecified atom stereocenters. The summed E-state index contributed by atoms with van der Waals surface area (Å²) >= 11 is 3.37. The second-order valence-corrected chi connectivity index (χ2v) is 9.68. The van der Waals surface area contributed by atoms with E-state index in [0.29, 0.717) is 47.6 Å².